The number of fused-ring (bicyclic) bond motifs is 1. The van der Waals surface area contributed by atoms with Crippen LogP contribution in [0.15, 0.2) is 70.4 Å². The summed E-state index contributed by atoms with van der Waals surface area (Å²) in [5.41, 5.74) is 3.04. The standard InChI is InChI=1S/C32H38FN5O2/c1-4-27(13-8-22(2)3)38-31(39)29-19-26(33)20-35-30(29)37(32(38)40)28-7-5-6-25(18-28)24-11-9-23(10-12-24)21-36-16-14-34-15-17-36/h5-7,9-12,18-20,22,27,34H,4,8,13-17,21H2,1-3H3. The molecule has 1 saturated heterocycles. The minimum atomic E-state index is -0.605. The first kappa shape index (κ1) is 27.9. The van der Waals surface area contributed by atoms with Crippen molar-refractivity contribution in [1.82, 2.24) is 24.3 Å². The van der Waals surface area contributed by atoms with Crippen LogP contribution in [0.5, 0.6) is 0 Å². The van der Waals surface area contributed by atoms with E-state index >= 15 is 0 Å². The monoisotopic (exact) mass is 543 g/mol. The lowest BCUT2D eigenvalue weighted by Gasteiger charge is -2.27. The van der Waals surface area contributed by atoms with Crippen molar-refractivity contribution in [3.63, 3.8) is 0 Å². The highest BCUT2D eigenvalue weighted by Crippen LogP contribution is 2.25. The van der Waals surface area contributed by atoms with Crippen LogP contribution in [0.4, 0.5) is 4.39 Å². The van der Waals surface area contributed by atoms with E-state index in [1.807, 2.05) is 31.2 Å². The Morgan fingerprint density at radius 2 is 1.73 bits per heavy atom. The maximum Gasteiger partial charge on any atom is 0.337 e. The predicted molar refractivity (Wildman–Crippen MR) is 159 cm³/mol. The lowest BCUT2D eigenvalue weighted by atomic mass is 10.0. The van der Waals surface area contributed by atoms with Gasteiger partial charge in [0.15, 0.2) is 5.65 Å². The third kappa shape index (κ3) is 5.93. The lowest BCUT2D eigenvalue weighted by Crippen LogP contribution is -2.42. The van der Waals surface area contributed by atoms with Crippen LogP contribution in [0.1, 0.15) is 51.6 Å². The molecule has 0 radical (unpaired) electrons. The van der Waals surface area contributed by atoms with Gasteiger partial charge in [0.05, 0.1) is 17.3 Å². The number of nitrogens with zero attached hydrogens (tertiary/aromatic N) is 4. The normalized spacial score (nSPS) is 15.1. The summed E-state index contributed by atoms with van der Waals surface area (Å²) < 4.78 is 17.0. The number of halogens is 1. The van der Waals surface area contributed by atoms with E-state index in [-0.39, 0.29) is 17.1 Å². The van der Waals surface area contributed by atoms with Gasteiger partial charge in [0.2, 0.25) is 0 Å². The first-order valence-electron chi connectivity index (χ1n) is 14.3. The van der Waals surface area contributed by atoms with E-state index in [1.165, 1.54) is 20.8 Å². The van der Waals surface area contributed by atoms with Gasteiger partial charge in [-0.15, -0.1) is 0 Å². The van der Waals surface area contributed by atoms with Crippen molar-refractivity contribution in [2.45, 2.75) is 52.6 Å². The highest BCUT2D eigenvalue weighted by atomic mass is 19.1. The van der Waals surface area contributed by atoms with Crippen molar-refractivity contribution in [3.05, 3.63) is 93.0 Å². The number of hydrogen-bond acceptors (Lipinski definition) is 5. The van der Waals surface area contributed by atoms with Crippen LogP contribution in [0.25, 0.3) is 27.8 Å². The molecule has 5 rings (SSSR count). The van der Waals surface area contributed by atoms with Crippen molar-refractivity contribution in [1.29, 1.82) is 0 Å². The van der Waals surface area contributed by atoms with Crippen LogP contribution in [0.2, 0.25) is 0 Å². The van der Waals surface area contributed by atoms with E-state index in [9.17, 15) is 14.0 Å². The summed E-state index contributed by atoms with van der Waals surface area (Å²) in [5.74, 6) is -0.169. The quantitative estimate of drug-likeness (QED) is 0.316. The highest BCUT2D eigenvalue weighted by molar-refractivity contribution is 5.76. The first-order chi connectivity index (χ1) is 19.4. The molecule has 1 aliphatic heterocycles. The molecule has 1 unspecified atom stereocenters. The zero-order valence-electron chi connectivity index (χ0n) is 23.6. The number of piperazine rings is 1. The average molecular weight is 544 g/mol. The molecule has 0 amide bonds. The smallest absolute Gasteiger partial charge is 0.314 e. The summed E-state index contributed by atoms with van der Waals surface area (Å²) in [4.78, 5) is 34.2. The van der Waals surface area contributed by atoms with Gasteiger partial charge in [-0.25, -0.2) is 18.7 Å². The Bertz CT molecular complexity index is 1590. The fraction of sp³-hybridized carbons (Fsp3) is 0.406. The first-order valence-corrected chi connectivity index (χ1v) is 14.3. The van der Waals surface area contributed by atoms with Crippen molar-refractivity contribution in [2.75, 3.05) is 26.2 Å². The SMILES string of the molecule is CCC(CCC(C)C)n1c(=O)c2cc(F)cnc2n(-c2cccc(-c3ccc(CN4CCNCC4)cc3)c2)c1=O. The second-order valence-electron chi connectivity index (χ2n) is 11.1. The molecule has 3 heterocycles. The van der Waals surface area contributed by atoms with E-state index in [1.54, 1.807) is 0 Å². The molecule has 7 nitrogen and oxygen atoms in total. The minimum absolute atomic E-state index is 0.102. The van der Waals surface area contributed by atoms with Gasteiger partial charge in [0.1, 0.15) is 5.82 Å². The Morgan fingerprint density at radius 1 is 0.975 bits per heavy atom. The maximum absolute atomic E-state index is 14.3. The highest BCUT2D eigenvalue weighted by Gasteiger charge is 2.22. The molecule has 1 atom stereocenters. The van der Waals surface area contributed by atoms with Gasteiger partial charge in [0, 0.05) is 38.8 Å². The molecule has 0 aliphatic carbocycles. The van der Waals surface area contributed by atoms with Crippen molar-refractivity contribution < 1.29 is 4.39 Å². The van der Waals surface area contributed by atoms with Crippen LogP contribution in [-0.4, -0.2) is 45.2 Å². The van der Waals surface area contributed by atoms with E-state index in [0.29, 0.717) is 24.4 Å². The van der Waals surface area contributed by atoms with Crippen LogP contribution in [-0.2, 0) is 6.54 Å². The van der Waals surface area contributed by atoms with Gasteiger partial charge in [0.25, 0.3) is 5.56 Å². The van der Waals surface area contributed by atoms with E-state index in [2.05, 4.69) is 53.3 Å². The summed E-state index contributed by atoms with van der Waals surface area (Å²) in [5, 5.41) is 3.49. The topological polar surface area (TPSA) is 72.2 Å². The molecular formula is C32H38FN5O2. The summed E-state index contributed by atoms with van der Waals surface area (Å²) in [6.45, 7) is 11.3. The molecule has 8 heteroatoms. The van der Waals surface area contributed by atoms with Gasteiger partial charge < -0.3 is 5.32 Å². The second kappa shape index (κ2) is 12.3. The molecule has 1 fully saturated rings. The van der Waals surface area contributed by atoms with Crippen molar-refractivity contribution in [3.8, 4) is 16.8 Å². The van der Waals surface area contributed by atoms with Crippen molar-refractivity contribution >= 4 is 11.0 Å². The Kier molecular flexibility index (Phi) is 8.57. The van der Waals surface area contributed by atoms with Gasteiger partial charge in [-0.3, -0.25) is 14.3 Å². The van der Waals surface area contributed by atoms with Gasteiger partial charge in [-0.1, -0.05) is 57.2 Å². The lowest BCUT2D eigenvalue weighted by molar-refractivity contribution is 0.233. The predicted octanol–water partition coefficient (Wildman–Crippen LogP) is 5.15. The van der Waals surface area contributed by atoms with Gasteiger partial charge in [-0.2, -0.15) is 0 Å². The summed E-state index contributed by atoms with van der Waals surface area (Å²) in [7, 11) is 0. The van der Waals surface area contributed by atoms with E-state index in [4.69, 9.17) is 0 Å². The molecule has 2 aromatic carbocycles. The molecule has 4 aromatic rings. The molecule has 0 spiro atoms. The van der Waals surface area contributed by atoms with Crippen molar-refractivity contribution in [2.24, 2.45) is 5.92 Å². The van der Waals surface area contributed by atoms with Crippen LogP contribution in [0, 0.1) is 11.7 Å². The molecule has 40 heavy (non-hydrogen) atoms. The molecular weight excluding hydrogens is 505 g/mol. The van der Waals surface area contributed by atoms with Crippen LogP contribution < -0.4 is 16.6 Å². The number of hydrogen-bond donors (Lipinski definition) is 1. The molecule has 0 saturated carbocycles. The number of pyridine rings is 1. The van der Waals surface area contributed by atoms with Crippen LogP contribution >= 0.6 is 0 Å². The third-order valence-corrected chi connectivity index (χ3v) is 7.81. The number of aromatic nitrogens is 3. The maximum atomic E-state index is 14.3. The average Bonchev–Trinajstić information content (AvgIpc) is 2.96. The molecule has 1 N–H and O–H groups in total. The summed E-state index contributed by atoms with van der Waals surface area (Å²) in [6, 6.07) is 17.1. The minimum Gasteiger partial charge on any atom is -0.314 e. The fourth-order valence-electron chi connectivity index (χ4n) is 5.53. The summed E-state index contributed by atoms with van der Waals surface area (Å²) in [6.07, 6.45) is 3.25. The number of benzene rings is 2. The Labute approximate surface area is 234 Å². The zero-order valence-corrected chi connectivity index (χ0v) is 23.6. The van der Waals surface area contributed by atoms with Gasteiger partial charge >= 0.3 is 5.69 Å². The zero-order chi connectivity index (χ0) is 28.2. The number of rotatable bonds is 9. The largest absolute Gasteiger partial charge is 0.337 e. The third-order valence-electron chi connectivity index (χ3n) is 7.81. The van der Waals surface area contributed by atoms with E-state index in [0.717, 1.165) is 56.5 Å². The molecule has 210 valence electrons. The summed E-state index contributed by atoms with van der Waals surface area (Å²) >= 11 is 0. The number of nitrogens with one attached hydrogen (secondary N) is 1. The van der Waals surface area contributed by atoms with E-state index < -0.39 is 17.1 Å². The second-order valence-corrected chi connectivity index (χ2v) is 11.1. The molecule has 2 aromatic heterocycles. The Morgan fingerprint density at radius 3 is 2.42 bits per heavy atom. The van der Waals surface area contributed by atoms with Crippen LogP contribution in [0.3, 0.4) is 0 Å². The fourth-order valence-corrected chi connectivity index (χ4v) is 5.53. The Balaban J connectivity index is 1.56. The molecule has 1 aliphatic rings. The molecule has 0 bridgehead atoms. The Hall–Kier alpha value is -3.62. The van der Waals surface area contributed by atoms with Gasteiger partial charge in [-0.05, 0) is 60.1 Å².